The first kappa shape index (κ1) is 12.7. The third-order valence-corrected chi connectivity index (χ3v) is 2.71. The van der Waals surface area contributed by atoms with Crippen LogP contribution in [0.3, 0.4) is 0 Å². The SMILES string of the molecule is Cl.Fc1ccc([C@H]2CNCCN2)c(Cl)c1. The summed E-state index contributed by atoms with van der Waals surface area (Å²) in [5.41, 5.74) is 0.959. The standard InChI is InChI=1S/C10H12ClFN2.ClH/c11-9-5-7(12)1-2-8(9)10-6-13-3-4-14-10;/h1-2,5,10,13-14H,3-4,6H2;1H/t10-;/m1./s1. The van der Waals surface area contributed by atoms with E-state index in [0.717, 1.165) is 25.2 Å². The predicted octanol–water partition coefficient (Wildman–Crippen LogP) is 2.13. The molecule has 1 fully saturated rings. The number of benzene rings is 1. The maximum Gasteiger partial charge on any atom is 0.124 e. The van der Waals surface area contributed by atoms with Gasteiger partial charge in [0.2, 0.25) is 0 Å². The Balaban J connectivity index is 0.00000112. The monoisotopic (exact) mass is 250 g/mol. The Labute approximate surface area is 99.6 Å². The van der Waals surface area contributed by atoms with Crippen LogP contribution in [0.1, 0.15) is 11.6 Å². The molecule has 2 nitrogen and oxygen atoms in total. The van der Waals surface area contributed by atoms with Crippen molar-refractivity contribution in [2.45, 2.75) is 6.04 Å². The second kappa shape index (κ2) is 5.66. The lowest BCUT2D eigenvalue weighted by molar-refractivity contribution is 0.430. The van der Waals surface area contributed by atoms with Crippen molar-refractivity contribution >= 4 is 24.0 Å². The molecule has 2 rings (SSSR count). The van der Waals surface area contributed by atoms with Gasteiger partial charge >= 0.3 is 0 Å². The number of piperazine rings is 1. The minimum Gasteiger partial charge on any atom is -0.314 e. The summed E-state index contributed by atoms with van der Waals surface area (Å²) in [4.78, 5) is 0. The highest BCUT2D eigenvalue weighted by atomic mass is 35.5. The summed E-state index contributed by atoms with van der Waals surface area (Å²) in [6.07, 6.45) is 0. The largest absolute Gasteiger partial charge is 0.314 e. The molecule has 1 aliphatic heterocycles. The fourth-order valence-electron chi connectivity index (χ4n) is 1.66. The van der Waals surface area contributed by atoms with Gasteiger partial charge in [0.05, 0.1) is 0 Å². The van der Waals surface area contributed by atoms with Gasteiger partial charge in [0.25, 0.3) is 0 Å². The van der Waals surface area contributed by atoms with Crippen molar-refractivity contribution < 1.29 is 4.39 Å². The molecule has 0 radical (unpaired) electrons. The van der Waals surface area contributed by atoms with E-state index in [1.165, 1.54) is 12.1 Å². The third-order valence-electron chi connectivity index (χ3n) is 2.38. The molecule has 0 unspecified atom stereocenters. The Morgan fingerprint density at radius 1 is 1.33 bits per heavy atom. The van der Waals surface area contributed by atoms with Crippen LogP contribution >= 0.6 is 24.0 Å². The third kappa shape index (κ3) is 3.05. The quantitative estimate of drug-likeness (QED) is 0.799. The van der Waals surface area contributed by atoms with E-state index in [9.17, 15) is 4.39 Å². The summed E-state index contributed by atoms with van der Waals surface area (Å²) in [6.45, 7) is 2.72. The van der Waals surface area contributed by atoms with Gasteiger partial charge in [-0.05, 0) is 17.7 Å². The summed E-state index contributed by atoms with van der Waals surface area (Å²) in [5, 5.41) is 7.08. The van der Waals surface area contributed by atoms with Crippen LogP contribution < -0.4 is 10.6 Å². The van der Waals surface area contributed by atoms with Gasteiger partial charge in [-0.25, -0.2) is 4.39 Å². The van der Waals surface area contributed by atoms with E-state index in [4.69, 9.17) is 11.6 Å². The molecule has 0 saturated carbocycles. The average molecular weight is 251 g/mol. The van der Waals surface area contributed by atoms with Gasteiger partial charge in [-0.3, -0.25) is 0 Å². The first-order valence-corrected chi connectivity index (χ1v) is 5.04. The van der Waals surface area contributed by atoms with Crippen LogP contribution in [0, 0.1) is 5.82 Å². The first-order chi connectivity index (χ1) is 6.77. The Kier molecular flexibility index (Phi) is 4.80. The highest BCUT2D eigenvalue weighted by molar-refractivity contribution is 6.31. The van der Waals surface area contributed by atoms with E-state index in [-0.39, 0.29) is 24.3 Å². The Morgan fingerprint density at radius 3 is 2.73 bits per heavy atom. The second-order valence-corrected chi connectivity index (χ2v) is 3.78. The maximum absolute atomic E-state index is 12.8. The van der Waals surface area contributed by atoms with Crippen LogP contribution in [0.25, 0.3) is 0 Å². The molecule has 0 bridgehead atoms. The lowest BCUT2D eigenvalue weighted by Crippen LogP contribution is -2.42. The molecule has 1 saturated heterocycles. The fourth-order valence-corrected chi connectivity index (χ4v) is 1.96. The zero-order valence-electron chi connectivity index (χ0n) is 8.09. The lowest BCUT2D eigenvalue weighted by Gasteiger charge is -2.25. The molecule has 1 heterocycles. The molecule has 5 heteroatoms. The Bertz CT molecular complexity index is 327. The van der Waals surface area contributed by atoms with E-state index >= 15 is 0 Å². The molecular weight excluding hydrogens is 238 g/mol. The summed E-state index contributed by atoms with van der Waals surface area (Å²) in [5.74, 6) is -0.289. The van der Waals surface area contributed by atoms with Crippen LogP contribution in [0.2, 0.25) is 5.02 Å². The summed E-state index contributed by atoms with van der Waals surface area (Å²) >= 11 is 5.96. The number of rotatable bonds is 1. The van der Waals surface area contributed by atoms with Crippen LogP contribution in [0.15, 0.2) is 18.2 Å². The van der Waals surface area contributed by atoms with Gasteiger partial charge in [-0.2, -0.15) is 0 Å². The zero-order valence-corrected chi connectivity index (χ0v) is 9.67. The van der Waals surface area contributed by atoms with Gasteiger partial charge < -0.3 is 10.6 Å². The van der Waals surface area contributed by atoms with Crippen molar-refractivity contribution in [1.82, 2.24) is 10.6 Å². The van der Waals surface area contributed by atoms with E-state index in [1.54, 1.807) is 6.07 Å². The molecule has 0 aliphatic carbocycles. The van der Waals surface area contributed by atoms with Gasteiger partial charge in [0.15, 0.2) is 0 Å². The fraction of sp³-hybridized carbons (Fsp3) is 0.400. The number of hydrogen-bond acceptors (Lipinski definition) is 2. The van der Waals surface area contributed by atoms with E-state index in [2.05, 4.69) is 10.6 Å². The molecule has 0 spiro atoms. The minimum atomic E-state index is -0.289. The molecule has 1 aromatic carbocycles. The van der Waals surface area contributed by atoms with Crippen LogP contribution in [-0.2, 0) is 0 Å². The number of nitrogens with one attached hydrogen (secondary N) is 2. The van der Waals surface area contributed by atoms with E-state index in [1.807, 2.05) is 0 Å². The summed E-state index contributed by atoms with van der Waals surface area (Å²) in [7, 11) is 0. The summed E-state index contributed by atoms with van der Waals surface area (Å²) < 4.78 is 12.8. The Hall–Kier alpha value is -0.350. The van der Waals surface area contributed by atoms with E-state index in [0.29, 0.717) is 5.02 Å². The molecule has 0 aromatic heterocycles. The normalized spacial score (nSPS) is 20.8. The number of hydrogen-bond donors (Lipinski definition) is 2. The van der Waals surface area contributed by atoms with E-state index < -0.39 is 0 Å². The van der Waals surface area contributed by atoms with Crippen molar-refractivity contribution in [2.75, 3.05) is 19.6 Å². The van der Waals surface area contributed by atoms with Crippen LogP contribution in [-0.4, -0.2) is 19.6 Å². The van der Waals surface area contributed by atoms with Crippen molar-refractivity contribution in [3.63, 3.8) is 0 Å². The van der Waals surface area contributed by atoms with Gasteiger partial charge in [-0.1, -0.05) is 17.7 Å². The second-order valence-electron chi connectivity index (χ2n) is 3.38. The number of halogens is 3. The summed E-state index contributed by atoms with van der Waals surface area (Å²) in [6, 6.07) is 4.73. The lowest BCUT2D eigenvalue weighted by atomic mass is 10.1. The van der Waals surface area contributed by atoms with Crippen molar-refractivity contribution in [2.24, 2.45) is 0 Å². The first-order valence-electron chi connectivity index (χ1n) is 4.66. The molecule has 2 N–H and O–H groups in total. The molecule has 0 amide bonds. The molecule has 1 aromatic rings. The maximum atomic E-state index is 12.8. The molecule has 1 aliphatic rings. The van der Waals surface area contributed by atoms with Crippen LogP contribution in [0.4, 0.5) is 4.39 Å². The highest BCUT2D eigenvalue weighted by Gasteiger charge is 2.16. The average Bonchev–Trinajstić information content (AvgIpc) is 2.19. The predicted molar refractivity (Wildman–Crippen MR) is 62.3 cm³/mol. The van der Waals surface area contributed by atoms with Gasteiger partial charge in [-0.15, -0.1) is 12.4 Å². The minimum absolute atomic E-state index is 0. The highest BCUT2D eigenvalue weighted by Crippen LogP contribution is 2.24. The molecule has 1 atom stereocenters. The van der Waals surface area contributed by atoms with Gasteiger partial charge in [0, 0.05) is 30.7 Å². The van der Waals surface area contributed by atoms with Gasteiger partial charge in [0.1, 0.15) is 5.82 Å². The van der Waals surface area contributed by atoms with Crippen molar-refractivity contribution in [1.29, 1.82) is 0 Å². The van der Waals surface area contributed by atoms with Crippen molar-refractivity contribution in [3.8, 4) is 0 Å². The zero-order chi connectivity index (χ0) is 9.97. The molecule has 15 heavy (non-hydrogen) atoms. The smallest absolute Gasteiger partial charge is 0.124 e. The molecular formula is C10H13Cl2FN2. The Morgan fingerprint density at radius 2 is 2.13 bits per heavy atom. The van der Waals surface area contributed by atoms with Crippen molar-refractivity contribution in [3.05, 3.63) is 34.6 Å². The van der Waals surface area contributed by atoms with Crippen LogP contribution in [0.5, 0.6) is 0 Å². The topological polar surface area (TPSA) is 24.1 Å². The molecule has 84 valence electrons.